The number of halogens is 1. The highest BCUT2D eigenvalue weighted by atomic mass is 32.1. The second kappa shape index (κ2) is 9.87. The second-order valence-corrected chi connectivity index (χ2v) is 9.19. The van der Waals surface area contributed by atoms with Crippen molar-refractivity contribution in [2.24, 2.45) is 0 Å². The van der Waals surface area contributed by atoms with Crippen LogP contribution in [0.5, 0.6) is 11.5 Å². The summed E-state index contributed by atoms with van der Waals surface area (Å²) in [5, 5.41) is 11.5. The minimum atomic E-state index is -0.981. The van der Waals surface area contributed by atoms with E-state index in [-0.39, 0.29) is 16.5 Å². The number of amides is 1. The van der Waals surface area contributed by atoms with Gasteiger partial charge in [-0.2, -0.15) is 0 Å². The van der Waals surface area contributed by atoms with Crippen molar-refractivity contribution in [3.63, 3.8) is 0 Å². The van der Waals surface area contributed by atoms with Crippen LogP contribution in [0.3, 0.4) is 0 Å². The Balaban J connectivity index is 1.68. The molecule has 0 saturated carbocycles. The lowest BCUT2D eigenvalue weighted by molar-refractivity contribution is -0.132. The van der Waals surface area contributed by atoms with Gasteiger partial charge in [0.1, 0.15) is 29.7 Å². The Labute approximate surface area is 215 Å². The van der Waals surface area contributed by atoms with Crippen molar-refractivity contribution in [2.75, 3.05) is 18.6 Å². The number of ether oxygens (including phenoxy) is 2. The average molecular weight is 517 g/mol. The van der Waals surface area contributed by atoms with E-state index < -0.39 is 23.5 Å². The SMILES string of the molecule is C=CCOc1ccc(C2C(=C(O)c3cccc(OC)c3)C(=O)C(=O)N2c2nc3ccc(F)cc3s2)cc1. The summed E-state index contributed by atoms with van der Waals surface area (Å²) in [5.41, 5.74) is 1.27. The zero-order valence-electron chi connectivity index (χ0n) is 19.7. The predicted molar refractivity (Wildman–Crippen MR) is 139 cm³/mol. The highest BCUT2D eigenvalue weighted by molar-refractivity contribution is 7.22. The fourth-order valence-electron chi connectivity index (χ4n) is 4.16. The van der Waals surface area contributed by atoms with Crippen LogP contribution in [0.1, 0.15) is 17.2 Å². The van der Waals surface area contributed by atoms with Gasteiger partial charge in [0, 0.05) is 5.56 Å². The molecule has 1 aliphatic rings. The van der Waals surface area contributed by atoms with E-state index in [4.69, 9.17) is 9.47 Å². The first kappa shape index (κ1) is 24.2. The molecule has 1 amide bonds. The number of methoxy groups -OCH3 is 1. The Kier molecular flexibility index (Phi) is 6.45. The summed E-state index contributed by atoms with van der Waals surface area (Å²) in [6.45, 7) is 3.95. The first-order chi connectivity index (χ1) is 17.9. The molecular formula is C28H21FN2O5S. The van der Waals surface area contributed by atoms with E-state index in [1.165, 1.54) is 30.2 Å². The molecule has 0 radical (unpaired) electrons. The maximum absolute atomic E-state index is 13.8. The van der Waals surface area contributed by atoms with Crippen LogP contribution >= 0.6 is 11.3 Å². The summed E-state index contributed by atoms with van der Waals surface area (Å²) in [4.78, 5) is 32.5. The van der Waals surface area contributed by atoms with Crippen LogP contribution in [-0.4, -0.2) is 35.5 Å². The van der Waals surface area contributed by atoms with Crippen molar-refractivity contribution >= 4 is 44.1 Å². The lowest BCUT2D eigenvalue weighted by Crippen LogP contribution is -2.29. The number of Topliss-reactive ketones (excluding diaryl/α,β-unsaturated/α-hetero) is 1. The lowest BCUT2D eigenvalue weighted by Gasteiger charge is -2.23. The molecule has 1 fully saturated rings. The maximum Gasteiger partial charge on any atom is 0.301 e. The van der Waals surface area contributed by atoms with E-state index in [2.05, 4.69) is 11.6 Å². The van der Waals surface area contributed by atoms with Crippen molar-refractivity contribution in [3.05, 3.63) is 102 Å². The van der Waals surface area contributed by atoms with Gasteiger partial charge >= 0.3 is 5.91 Å². The van der Waals surface area contributed by atoms with Crippen LogP contribution in [0.2, 0.25) is 0 Å². The summed E-state index contributed by atoms with van der Waals surface area (Å²) in [6, 6.07) is 16.6. The third kappa shape index (κ3) is 4.45. The zero-order chi connectivity index (χ0) is 26.1. The van der Waals surface area contributed by atoms with Gasteiger partial charge < -0.3 is 14.6 Å². The van der Waals surface area contributed by atoms with Crippen molar-refractivity contribution in [2.45, 2.75) is 6.04 Å². The Morgan fingerprint density at radius 2 is 1.92 bits per heavy atom. The molecule has 1 unspecified atom stereocenters. The summed E-state index contributed by atoms with van der Waals surface area (Å²) < 4.78 is 25.2. The van der Waals surface area contributed by atoms with E-state index in [1.54, 1.807) is 54.6 Å². The number of aliphatic hydroxyl groups excluding tert-OH is 1. The number of rotatable bonds is 7. The number of carbonyl (C=O) groups excluding carboxylic acids is 2. The number of anilines is 1. The third-order valence-electron chi connectivity index (χ3n) is 5.90. The van der Waals surface area contributed by atoms with Gasteiger partial charge in [-0.15, -0.1) is 0 Å². The predicted octanol–water partition coefficient (Wildman–Crippen LogP) is 5.64. The quantitative estimate of drug-likeness (QED) is 0.148. The minimum absolute atomic E-state index is 0.0940. The third-order valence-corrected chi connectivity index (χ3v) is 6.91. The van der Waals surface area contributed by atoms with E-state index >= 15 is 0 Å². The number of nitrogens with zero attached hydrogens (tertiary/aromatic N) is 2. The van der Waals surface area contributed by atoms with Gasteiger partial charge in [0.25, 0.3) is 5.78 Å². The van der Waals surface area contributed by atoms with E-state index in [0.29, 0.717) is 39.4 Å². The molecule has 1 aromatic heterocycles. The molecule has 0 spiro atoms. The second-order valence-electron chi connectivity index (χ2n) is 8.18. The van der Waals surface area contributed by atoms with Crippen molar-refractivity contribution < 1.29 is 28.6 Å². The Morgan fingerprint density at radius 3 is 2.65 bits per heavy atom. The molecule has 1 N–H and O–H groups in total. The molecule has 1 aliphatic heterocycles. The highest BCUT2D eigenvalue weighted by Crippen LogP contribution is 2.44. The monoisotopic (exact) mass is 516 g/mol. The van der Waals surface area contributed by atoms with Crippen LogP contribution in [0, 0.1) is 5.82 Å². The molecule has 0 aliphatic carbocycles. The van der Waals surface area contributed by atoms with Crippen LogP contribution in [-0.2, 0) is 9.59 Å². The molecule has 2 heterocycles. The average Bonchev–Trinajstić information content (AvgIpc) is 3.44. The number of thiazole rings is 1. The smallest absolute Gasteiger partial charge is 0.301 e. The number of hydrogen-bond acceptors (Lipinski definition) is 7. The van der Waals surface area contributed by atoms with Crippen molar-refractivity contribution in [3.8, 4) is 11.5 Å². The van der Waals surface area contributed by atoms with Crippen LogP contribution in [0.25, 0.3) is 16.0 Å². The van der Waals surface area contributed by atoms with Crippen LogP contribution in [0.15, 0.2) is 85.0 Å². The first-order valence-electron chi connectivity index (χ1n) is 11.3. The van der Waals surface area contributed by atoms with Gasteiger partial charge in [-0.25, -0.2) is 9.37 Å². The van der Waals surface area contributed by atoms with Gasteiger partial charge in [0.2, 0.25) is 0 Å². The molecule has 3 aromatic carbocycles. The molecule has 186 valence electrons. The number of ketones is 1. The number of carbonyl (C=O) groups is 2. The molecule has 1 atom stereocenters. The van der Waals surface area contributed by atoms with Gasteiger partial charge in [-0.1, -0.05) is 48.3 Å². The molecule has 5 rings (SSSR count). The first-order valence-corrected chi connectivity index (χ1v) is 12.1. The van der Waals surface area contributed by atoms with E-state index in [9.17, 15) is 19.1 Å². The van der Waals surface area contributed by atoms with E-state index in [1.807, 2.05) is 0 Å². The van der Waals surface area contributed by atoms with Gasteiger partial charge in [0.05, 0.1) is 28.9 Å². The molecule has 0 bridgehead atoms. The Morgan fingerprint density at radius 1 is 1.14 bits per heavy atom. The van der Waals surface area contributed by atoms with Gasteiger partial charge in [-0.3, -0.25) is 14.5 Å². The maximum atomic E-state index is 13.8. The topological polar surface area (TPSA) is 89.0 Å². The van der Waals surface area contributed by atoms with Crippen molar-refractivity contribution in [1.29, 1.82) is 0 Å². The molecule has 4 aromatic rings. The molecule has 7 nitrogen and oxygen atoms in total. The number of benzene rings is 3. The summed E-state index contributed by atoms with van der Waals surface area (Å²) >= 11 is 1.08. The lowest BCUT2D eigenvalue weighted by atomic mass is 9.95. The summed E-state index contributed by atoms with van der Waals surface area (Å²) in [5.74, 6) is -1.43. The number of hydrogen-bond donors (Lipinski definition) is 1. The van der Waals surface area contributed by atoms with Gasteiger partial charge in [-0.05, 0) is 48.0 Å². The van der Waals surface area contributed by atoms with Gasteiger partial charge in [0.15, 0.2) is 5.13 Å². The zero-order valence-corrected chi connectivity index (χ0v) is 20.5. The fourth-order valence-corrected chi connectivity index (χ4v) is 5.18. The molecule has 37 heavy (non-hydrogen) atoms. The Hall–Kier alpha value is -4.50. The largest absolute Gasteiger partial charge is 0.507 e. The molecule has 1 saturated heterocycles. The number of aromatic nitrogens is 1. The normalized spacial score (nSPS) is 16.8. The van der Waals surface area contributed by atoms with Crippen LogP contribution < -0.4 is 14.4 Å². The number of fused-ring (bicyclic) bond motifs is 1. The Bertz CT molecular complexity index is 1560. The summed E-state index contributed by atoms with van der Waals surface area (Å²) in [7, 11) is 1.49. The van der Waals surface area contributed by atoms with Crippen molar-refractivity contribution in [1.82, 2.24) is 4.98 Å². The van der Waals surface area contributed by atoms with E-state index in [0.717, 1.165) is 11.3 Å². The highest BCUT2D eigenvalue weighted by Gasteiger charge is 2.48. The summed E-state index contributed by atoms with van der Waals surface area (Å²) in [6.07, 6.45) is 1.62. The fraction of sp³-hybridized carbons (Fsp3) is 0.107. The number of aliphatic hydroxyl groups is 1. The standard InChI is InChI=1S/C28H21FN2O5S/c1-3-13-36-19-10-7-16(8-11-19)24-23(25(32)17-5-4-6-20(14-17)35-2)26(33)27(34)31(24)28-30-21-12-9-18(29)15-22(21)37-28/h3-12,14-15,24,32H,1,13H2,2H3. The molecule has 9 heteroatoms. The minimum Gasteiger partial charge on any atom is -0.507 e. The van der Waals surface area contributed by atoms with Crippen LogP contribution in [0.4, 0.5) is 9.52 Å². The molecular weight excluding hydrogens is 495 g/mol.